The van der Waals surface area contributed by atoms with Crippen molar-refractivity contribution in [2.24, 2.45) is 0 Å². The van der Waals surface area contributed by atoms with Gasteiger partial charge in [-0.3, -0.25) is 0 Å². The molecule has 20 heavy (non-hydrogen) atoms. The summed E-state index contributed by atoms with van der Waals surface area (Å²) in [6, 6.07) is 3.88. The van der Waals surface area contributed by atoms with Gasteiger partial charge < -0.3 is 15.4 Å². The van der Waals surface area contributed by atoms with E-state index in [9.17, 15) is 4.79 Å². The number of carbonyl (C=O) groups is 1. The lowest BCUT2D eigenvalue weighted by atomic mass is 10.1. The minimum Gasteiger partial charge on any atom is -0.444 e. The fourth-order valence-corrected chi connectivity index (χ4v) is 2.63. The van der Waals surface area contributed by atoms with Crippen molar-refractivity contribution in [3.05, 3.63) is 21.3 Å². The van der Waals surface area contributed by atoms with E-state index >= 15 is 0 Å². The van der Waals surface area contributed by atoms with Crippen molar-refractivity contribution in [3.63, 3.8) is 0 Å². The molecule has 0 aliphatic heterocycles. The summed E-state index contributed by atoms with van der Waals surface area (Å²) >= 11 is 7.43. The Morgan fingerprint density at radius 1 is 1.30 bits per heavy atom. The first-order valence-electron chi connectivity index (χ1n) is 6.53. The number of rotatable bonds is 5. The lowest BCUT2D eigenvalue weighted by Crippen LogP contribution is -2.51. The fourth-order valence-electron chi connectivity index (χ4n) is 1.57. The average molecular weight is 319 g/mol. The summed E-state index contributed by atoms with van der Waals surface area (Å²) in [5.41, 5.74) is -0.870. The maximum atomic E-state index is 11.7. The van der Waals surface area contributed by atoms with Gasteiger partial charge in [0.25, 0.3) is 0 Å². The van der Waals surface area contributed by atoms with Crippen molar-refractivity contribution >= 4 is 29.0 Å². The zero-order valence-corrected chi connectivity index (χ0v) is 14.2. The zero-order valence-electron chi connectivity index (χ0n) is 12.7. The average Bonchev–Trinajstić information content (AvgIpc) is 2.59. The van der Waals surface area contributed by atoms with Gasteiger partial charge in [-0.1, -0.05) is 11.6 Å². The van der Waals surface area contributed by atoms with Crippen molar-refractivity contribution < 1.29 is 9.53 Å². The second-order valence-corrected chi connectivity index (χ2v) is 8.12. The number of nitrogens with one attached hydrogen (secondary N) is 2. The Morgan fingerprint density at radius 3 is 2.45 bits per heavy atom. The van der Waals surface area contributed by atoms with Crippen molar-refractivity contribution in [3.8, 4) is 0 Å². The van der Waals surface area contributed by atoms with Gasteiger partial charge >= 0.3 is 6.09 Å². The van der Waals surface area contributed by atoms with Crippen LogP contribution in [0.25, 0.3) is 0 Å². The number of hydrogen-bond acceptors (Lipinski definition) is 4. The topological polar surface area (TPSA) is 50.4 Å². The van der Waals surface area contributed by atoms with E-state index in [0.29, 0.717) is 6.54 Å². The Labute approximate surface area is 129 Å². The highest BCUT2D eigenvalue weighted by Gasteiger charge is 2.24. The number of amides is 1. The number of halogens is 1. The van der Waals surface area contributed by atoms with Gasteiger partial charge in [0.2, 0.25) is 0 Å². The van der Waals surface area contributed by atoms with Crippen molar-refractivity contribution in [1.82, 2.24) is 10.6 Å². The Morgan fingerprint density at radius 2 is 1.95 bits per heavy atom. The molecule has 0 saturated carbocycles. The molecule has 1 amide bonds. The predicted molar refractivity (Wildman–Crippen MR) is 84.5 cm³/mol. The maximum Gasteiger partial charge on any atom is 0.408 e. The molecule has 0 saturated heterocycles. The highest BCUT2D eigenvalue weighted by molar-refractivity contribution is 7.16. The van der Waals surface area contributed by atoms with Crippen LogP contribution in [0.4, 0.5) is 4.79 Å². The number of ether oxygens (including phenoxy) is 1. The SMILES string of the molecule is CC(C)(CNCc1ccc(Cl)s1)NC(=O)OC(C)(C)C. The third-order valence-electron chi connectivity index (χ3n) is 2.33. The molecule has 0 atom stereocenters. The van der Waals surface area contributed by atoms with E-state index in [1.807, 2.05) is 46.8 Å². The number of carbonyl (C=O) groups excluding carboxylic acids is 1. The summed E-state index contributed by atoms with van der Waals surface area (Å²) in [5, 5.41) is 6.16. The standard InChI is InChI=1S/C14H23ClN2O2S/c1-13(2,3)19-12(18)17-14(4,5)9-16-8-10-6-7-11(15)20-10/h6-7,16H,8-9H2,1-5H3,(H,17,18). The highest BCUT2D eigenvalue weighted by Crippen LogP contribution is 2.21. The molecule has 0 bridgehead atoms. The molecule has 0 aliphatic carbocycles. The van der Waals surface area contributed by atoms with E-state index < -0.39 is 11.7 Å². The van der Waals surface area contributed by atoms with Crippen LogP contribution in [0.5, 0.6) is 0 Å². The van der Waals surface area contributed by atoms with Crippen LogP contribution in [0.15, 0.2) is 12.1 Å². The van der Waals surface area contributed by atoms with Crippen LogP contribution < -0.4 is 10.6 Å². The van der Waals surface area contributed by atoms with E-state index in [0.717, 1.165) is 10.9 Å². The van der Waals surface area contributed by atoms with Gasteiger partial charge in [0.05, 0.1) is 9.88 Å². The molecule has 0 aromatic carbocycles. The Hall–Kier alpha value is -0.780. The molecule has 114 valence electrons. The van der Waals surface area contributed by atoms with Crippen LogP contribution in [-0.4, -0.2) is 23.8 Å². The molecule has 1 aromatic rings. The minimum atomic E-state index is -0.485. The van der Waals surface area contributed by atoms with Crippen LogP contribution in [0, 0.1) is 0 Å². The van der Waals surface area contributed by atoms with Crippen LogP contribution in [0.2, 0.25) is 4.34 Å². The Balaban J connectivity index is 2.35. The Bertz CT molecular complexity index is 452. The second kappa shape index (κ2) is 6.78. The molecule has 6 heteroatoms. The molecule has 0 unspecified atom stereocenters. The smallest absolute Gasteiger partial charge is 0.408 e. The molecular weight excluding hydrogens is 296 g/mol. The molecule has 0 aliphatic rings. The van der Waals surface area contributed by atoms with Gasteiger partial charge in [0.15, 0.2) is 0 Å². The van der Waals surface area contributed by atoms with Crippen molar-refractivity contribution in [2.75, 3.05) is 6.54 Å². The van der Waals surface area contributed by atoms with Crippen LogP contribution in [0.3, 0.4) is 0 Å². The first-order valence-corrected chi connectivity index (χ1v) is 7.73. The van der Waals surface area contributed by atoms with Gasteiger partial charge in [-0.15, -0.1) is 11.3 Å². The van der Waals surface area contributed by atoms with Gasteiger partial charge in [0.1, 0.15) is 5.60 Å². The van der Waals surface area contributed by atoms with Crippen LogP contribution in [0.1, 0.15) is 39.5 Å². The summed E-state index contributed by atoms with van der Waals surface area (Å²) in [7, 11) is 0. The first kappa shape index (κ1) is 17.3. The fraction of sp³-hybridized carbons (Fsp3) is 0.643. The largest absolute Gasteiger partial charge is 0.444 e. The van der Waals surface area contributed by atoms with E-state index in [1.165, 1.54) is 4.88 Å². The lowest BCUT2D eigenvalue weighted by molar-refractivity contribution is 0.0472. The molecule has 2 N–H and O–H groups in total. The predicted octanol–water partition coefficient (Wildman–Crippen LogP) is 3.79. The van der Waals surface area contributed by atoms with Crippen molar-refractivity contribution in [2.45, 2.75) is 52.3 Å². The van der Waals surface area contributed by atoms with Crippen molar-refractivity contribution in [1.29, 1.82) is 0 Å². The summed E-state index contributed by atoms with van der Waals surface area (Å²) in [4.78, 5) is 12.9. The van der Waals surface area contributed by atoms with Crippen LogP contribution in [-0.2, 0) is 11.3 Å². The molecule has 0 fully saturated rings. The quantitative estimate of drug-likeness (QED) is 0.868. The summed E-state index contributed by atoms with van der Waals surface area (Å²) in [5.74, 6) is 0. The summed E-state index contributed by atoms with van der Waals surface area (Å²) in [6.45, 7) is 10.8. The molecule has 1 aromatic heterocycles. The van der Waals surface area contributed by atoms with E-state index in [1.54, 1.807) is 11.3 Å². The number of thiophene rings is 1. The maximum absolute atomic E-state index is 11.7. The Kier molecular flexibility index (Phi) is 5.86. The minimum absolute atomic E-state index is 0.386. The molecule has 1 rings (SSSR count). The highest BCUT2D eigenvalue weighted by atomic mass is 35.5. The number of alkyl carbamates (subject to hydrolysis) is 1. The third kappa shape index (κ3) is 7.12. The third-order valence-corrected chi connectivity index (χ3v) is 3.57. The number of hydrogen-bond donors (Lipinski definition) is 2. The second-order valence-electron chi connectivity index (χ2n) is 6.32. The normalized spacial score (nSPS) is 12.3. The van der Waals surface area contributed by atoms with Gasteiger partial charge in [-0.25, -0.2) is 4.79 Å². The molecule has 0 spiro atoms. The molecule has 1 heterocycles. The summed E-state index contributed by atoms with van der Waals surface area (Å²) < 4.78 is 6.03. The molecule has 0 radical (unpaired) electrons. The van der Waals surface area contributed by atoms with E-state index in [-0.39, 0.29) is 5.54 Å². The van der Waals surface area contributed by atoms with Gasteiger partial charge in [0, 0.05) is 18.0 Å². The first-order chi connectivity index (χ1) is 9.07. The van der Waals surface area contributed by atoms with Gasteiger partial charge in [-0.2, -0.15) is 0 Å². The molecule has 4 nitrogen and oxygen atoms in total. The van der Waals surface area contributed by atoms with E-state index in [2.05, 4.69) is 10.6 Å². The monoisotopic (exact) mass is 318 g/mol. The van der Waals surface area contributed by atoms with E-state index in [4.69, 9.17) is 16.3 Å². The van der Waals surface area contributed by atoms with Gasteiger partial charge in [-0.05, 0) is 46.8 Å². The van der Waals surface area contributed by atoms with Crippen LogP contribution >= 0.6 is 22.9 Å². The zero-order chi connectivity index (χ0) is 15.4. The summed E-state index contributed by atoms with van der Waals surface area (Å²) in [6.07, 6.45) is -0.400. The molecular formula is C14H23ClN2O2S. The lowest BCUT2D eigenvalue weighted by Gasteiger charge is -2.28.